The largest absolute Gasteiger partial charge is 0.354 e. The Morgan fingerprint density at radius 1 is 0.870 bits per heavy atom. The molecule has 0 saturated carbocycles. The van der Waals surface area contributed by atoms with Crippen LogP contribution in [0, 0.1) is 10.1 Å². The zero-order chi connectivity index (χ0) is 16.1. The topological polar surface area (TPSA) is 92.1 Å². The van der Waals surface area contributed by atoms with Crippen LogP contribution in [0.1, 0.15) is 11.7 Å². The first-order chi connectivity index (χ1) is 11.1. The molecule has 23 heavy (non-hydrogen) atoms. The van der Waals surface area contributed by atoms with Crippen LogP contribution in [-0.2, 0) is 0 Å². The van der Waals surface area contributed by atoms with Crippen LogP contribution in [0.3, 0.4) is 0 Å². The molecule has 4 rings (SSSR count). The van der Waals surface area contributed by atoms with Crippen LogP contribution in [0.5, 0.6) is 0 Å². The average Bonchev–Trinajstić information content (AvgIpc) is 3.25. The Balaban J connectivity index is 1.74. The number of nitrogens with zero attached hydrogens (tertiary/aromatic N) is 4. The summed E-state index contributed by atoms with van der Waals surface area (Å²) < 4.78 is 3.76. The maximum absolute atomic E-state index is 12.4. The van der Waals surface area contributed by atoms with E-state index in [-0.39, 0.29) is 5.69 Å². The first-order valence-electron chi connectivity index (χ1n) is 6.85. The second kappa shape index (κ2) is 4.54. The standard InChI is InChI=1S/C15H10N4O4/c20-14-16(11-4-2-1-3-5-11)15(21)18-13(17(14)18)10-6-8-12(9-7-10)19(22)23/h1-9,13H. The molecule has 0 N–H and O–H groups in total. The first kappa shape index (κ1) is 13.3. The zero-order valence-corrected chi connectivity index (χ0v) is 11.7. The lowest BCUT2D eigenvalue weighted by Crippen LogP contribution is -2.31. The van der Waals surface area contributed by atoms with Gasteiger partial charge in [0.2, 0.25) is 0 Å². The third-order valence-electron chi connectivity index (χ3n) is 3.83. The molecule has 0 saturated heterocycles. The molecular formula is C15H10N4O4. The van der Waals surface area contributed by atoms with Crippen molar-refractivity contribution in [3.8, 4) is 5.69 Å². The average molecular weight is 310 g/mol. The minimum Gasteiger partial charge on any atom is -0.258 e. The summed E-state index contributed by atoms with van der Waals surface area (Å²) in [6.07, 6.45) is -0.490. The Morgan fingerprint density at radius 2 is 1.43 bits per heavy atom. The van der Waals surface area contributed by atoms with E-state index >= 15 is 0 Å². The van der Waals surface area contributed by atoms with Crippen molar-refractivity contribution in [3.05, 3.63) is 91.2 Å². The van der Waals surface area contributed by atoms with Gasteiger partial charge in [0.05, 0.1) is 10.6 Å². The molecule has 0 fully saturated rings. The van der Waals surface area contributed by atoms with E-state index in [1.165, 1.54) is 21.5 Å². The van der Waals surface area contributed by atoms with Gasteiger partial charge >= 0.3 is 11.4 Å². The number of rotatable bonds is 3. The Kier molecular flexibility index (Phi) is 2.61. The number of non-ortho nitro benzene ring substituents is 1. The van der Waals surface area contributed by atoms with E-state index in [2.05, 4.69) is 0 Å². The highest BCUT2D eigenvalue weighted by atomic mass is 16.6. The van der Waals surface area contributed by atoms with Crippen molar-refractivity contribution in [2.45, 2.75) is 6.17 Å². The van der Waals surface area contributed by atoms with Crippen LogP contribution in [0.4, 0.5) is 5.69 Å². The van der Waals surface area contributed by atoms with Gasteiger partial charge in [-0.25, -0.2) is 14.2 Å². The van der Waals surface area contributed by atoms with E-state index < -0.39 is 22.5 Å². The van der Waals surface area contributed by atoms with Crippen molar-refractivity contribution in [1.82, 2.24) is 13.9 Å². The number of para-hydroxylation sites is 1. The lowest BCUT2D eigenvalue weighted by molar-refractivity contribution is -0.384. The summed E-state index contributed by atoms with van der Waals surface area (Å²) in [5, 5.41) is 10.7. The summed E-state index contributed by atoms with van der Waals surface area (Å²) in [6, 6.07) is 14.5. The van der Waals surface area contributed by atoms with Gasteiger partial charge in [-0.05, 0) is 29.8 Å². The SMILES string of the molecule is O=c1n(-c2ccccc2)c(=O)n2n1C2c1ccc([N+](=O)[O-])cc1. The van der Waals surface area contributed by atoms with E-state index in [9.17, 15) is 19.7 Å². The minimum atomic E-state index is -0.495. The fraction of sp³-hybridized carbons (Fsp3) is 0.0667. The maximum atomic E-state index is 12.4. The predicted octanol–water partition coefficient (Wildman–Crippen LogP) is 1.12. The molecule has 1 aromatic heterocycles. The second-order valence-electron chi connectivity index (χ2n) is 5.15. The minimum absolute atomic E-state index is 0.0341. The number of aromatic nitrogens is 3. The molecule has 0 unspecified atom stereocenters. The lowest BCUT2D eigenvalue weighted by atomic mass is 10.2. The van der Waals surface area contributed by atoms with Crippen LogP contribution in [-0.4, -0.2) is 18.9 Å². The van der Waals surface area contributed by atoms with Crippen LogP contribution in [0.15, 0.2) is 64.2 Å². The molecule has 0 aliphatic carbocycles. The fourth-order valence-electron chi connectivity index (χ4n) is 2.70. The Bertz CT molecular complexity index is 993. The number of benzene rings is 2. The fourth-order valence-corrected chi connectivity index (χ4v) is 2.70. The van der Waals surface area contributed by atoms with E-state index in [0.29, 0.717) is 11.3 Å². The van der Waals surface area contributed by atoms with E-state index in [4.69, 9.17) is 0 Å². The monoisotopic (exact) mass is 310 g/mol. The van der Waals surface area contributed by atoms with Crippen LogP contribution in [0.25, 0.3) is 5.69 Å². The molecule has 0 bridgehead atoms. The van der Waals surface area contributed by atoms with Gasteiger partial charge in [0, 0.05) is 12.1 Å². The van der Waals surface area contributed by atoms with E-state index in [1.807, 2.05) is 0 Å². The summed E-state index contributed by atoms with van der Waals surface area (Å²) in [5.74, 6) is 0. The maximum Gasteiger partial charge on any atom is 0.354 e. The number of fused-ring (bicyclic) bond motifs is 1. The highest BCUT2D eigenvalue weighted by Crippen LogP contribution is 2.29. The van der Waals surface area contributed by atoms with Crippen LogP contribution >= 0.6 is 0 Å². The van der Waals surface area contributed by atoms with Gasteiger partial charge in [-0.3, -0.25) is 10.1 Å². The molecule has 3 aromatic rings. The molecule has 8 heteroatoms. The number of hydrogen-bond acceptors (Lipinski definition) is 4. The molecular weight excluding hydrogens is 300 g/mol. The van der Waals surface area contributed by atoms with Crippen molar-refractivity contribution in [2.75, 3.05) is 0 Å². The Labute approximate surface area is 128 Å². The number of hydrogen-bond donors (Lipinski definition) is 0. The van der Waals surface area contributed by atoms with Gasteiger partial charge in [-0.15, -0.1) is 0 Å². The molecule has 1 aliphatic rings. The van der Waals surface area contributed by atoms with Crippen LogP contribution in [0.2, 0.25) is 0 Å². The molecule has 0 radical (unpaired) electrons. The molecule has 0 atom stereocenters. The van der Waals surface area contributed by atoms with Crippen molar-refractivity contribution >= 4 is 5.69 Å². The summed E-state index contributed by atoms with van der Waals surface area (Å²) >= 11 is 0. The molecule has 114 valence electrons. The number of nitro benzene ring substituents is 1. The molecule has 2 heterocycles. The highest BCUT2D eigenvalue weighted by molar-refractivity contribution is 5.37. The molecule has 8 nitrogen and oxygen atoms in total. The second-order valence-corrected chi connectivity index (χ2v) is 5.15. The summed E-state index contributed by atoms with van der Waals surface area (Å²) in [4.78, 5) is 35.0. The van der Waals surface area contributed by atoms with Crippen LogP contribution < -0.4 is 11.4 Å². The Hall–Kier alpha value is -3.42. The van der Waals surface area contributed by atoms with E-state index in [1.54, 1.807) is 42.5 Å². The molecule has 0 spiro atoms. The molecule has 0 amide bonds. The van der Waals surface area contributed by atoms with Crippen molar-refractivity contribution in [1.29, 1.82) is 0 Å². The van der Waals surface area contributed by atoms with Crippen molar-refractivity contribution in [2.24, 2.45) is 0 Å². The van der Waals surface area contributed by atoms with Gasteiger partial charge in [-0.1, -0.05) is 18.2 Å². The van der Waals surface area contributed by atoms with Gasteiger partial charge in [0.15, 0.2) is 6.17 Å². The van der Waals surface area contributed by atoms with Crippen molar-refractivity contribution < 1.29 is 4.92 Å². The smallest absolute Gasteiger partial charge is 0.258 e. The Morgan fingerprint density at radius 3 is 1.96 bits per heavy atom. The normalized spacial score (nSPS) is 12.9. The van der Waals surface area contributed by atoms with Gasteiger partial charge in [0.25, 0.3) is 5.69 Å². The molecule has 1 aliphatic heterocycles. The summed E-state index contributed by atoms with van der Waals surface area (Å²) in [7, 11) is 0. The van der Waals surface area contributed by atoms with Gasteiger partial charge in [0.1, 0.15) is 0 Å². The quantitative estimate of drug-likeness (QED) is 0.419. The van der Waals surface area contributed by atoms with Gasteiger partial charge in [-0.2, -0.15) is 9.36 Å². The predicted molar refractivity (Wildman–Crippen MR) is 80.9 cm³/mol. The first-order valence-corrected chi connectivity index (χ1v) is 6.85. The highest BCUT2D eigenvalue weighted by Gasteiger charge is 2.40. The van der Waals surface area contributed by atoms with Crippen molar-refractivity contribution in [3.63, 3.8) is 0 Å². The van der Waals surface area contributed by atoms with E-state index in [0.717, 1.165) is 4.57 Å². The summed E-state index contributed by atoms with van der Waals surface area (Å²) in [6.45, 7) is 0. The number of nitro groups is 1. The van der Waals surface area contributed by atoms with Gasteiger partial charge < -0.3 is 0 Å². The molecule has 2 aromatic carbocycles. The lowest BCUT2D eigenvalue weighted by Gasteiger charge is -2.01. The third-order valence-corrected chi connectivity index (χ3v) is 3.83. The summed E-state index contributed by atoms with van der Waals surface area (Å²) in [5.41, 5.74) is 0.282. The third kappa shape index (κ3) is 1.85. The zero-order valence-electron chi connectivity index (χ0n) is 11.7.